The number of pyridine rings is 1. The van der Waals surface area contributed by atoms with Crippen molar-refractivity contribution < 1.29 is 0 Å². The van der Waals surface area contributed by atoms with Gasteiger partial charge in [0.1, 0.15) is 11.5 Å². The van der Waals surface area contributed by atoms with Crippen molar-refractivity contribution in [3.63, 3.8) is 0 Å². The van der Waals surface area contributed by atoms with E-state index in [4.69, 9.17) is 4.98 Å². The summed E-state index contributed by atoms with van der Waals surface area (Å²) < 4.78 is 1.14. The number of aryl methyl sites for hydroxylation is 1. The van der Waals surface area contributed by atoms with Gasteiger partial charge in [0.05, 0.1) is 9.26 Å². The lowest BCUT2D eigenvalue weighted by Gasteiger charge is -2.11. The van der Waals surface area contributed by atoms with E-state index in [9.17, 15) is 0 Å². The number of rotatable bonds is 3. The highest BCUT2D eigenvalue weighted by molar-refractivity contribution is 14.1. The van der Waals surface area contributed by atoms with Gasteiger partial charge in [0.25, 0.3) is 0 Å². The molecule has 98 valence electrons. The lowest BCUT2D eigenvalue weighted by Crippen LogP contribution is -2.06. The zero-order valence-electron chi connectivity index (χ0n) is 10.9. The molecule has 1 saturated carbocycles. The summed E-state index contributed by atoms with van der Waals surface area (Å²) in [6.45, 7) is 2.04. The summed E-state index contributed by atoms with van der Waals surface area (Å²) in [5.74, 6) is 2.23. The number of hydrogen-bond acceptors (Lipinski definition) is 4. The van der Waals surface area contributed by atoms with Crippen LogP contribution in [0.25, 0.3) is 11.5 Å². The van der Waals surface area contributed by atoms with Gasteiger partial charge < -0.3 is 5.32 Å². The Labute approximate surface area is 126 Å². The molecule has 2 aromatic heterocycles. The Balaban J connectivity index is 2.16. The van der Waals surface area contributed by atoms with Crippen LogP contribution in [0, 0.1) is 10.5 Å². The number of hydrogen-bond donors (Lipinski definition) is 1. The number of aromatic nitrogens is 3. The zero-order chi connectivity index (χ0) is 13.4. The summed E-state index contributed by atoms with van der Waals surface area (Å²) in [7, 11) is 1.90. The fourth-order valence-electron chi connectivity index (χ4n) is 2.08. The quantitative estimate of drug-likeness (QED) is 0.847. The zero-order valence-corrected chi connectivity index (χ0v) is 13.1. The maximum Gasteiger partial charge on any atom is 0.180 e. The Kier molecular flexibility index (Phi) is 3.38. The third-order valence-corrected chi connectivity index (χ3v) is 4.36. The first-order chi connectivity index (χ1) is 9.20. The minimum Gasteiger partial charge on any atom is -0.372 e. The topological polar surface area (TPSA) is 50.7 Å². The lowest BCUT2D eigenvalue weighted by atomic mass is 10.2. The molecular weight excluding hydrogens is 351 g/mol. The third kappa shape index (κ3) is 2.43. The highest BCUT2D eigenvalue weighted by Crippen LogP contribution is 2.42. The van der Waals surface area contributed by atoms with Crippen LogP contribution in [0.5, 0.6) is 0 Å². The van der Waals surface area contributed by atoms with Crippen molar-refractivity contribution in [2.24, 2.45) is 0 Å². The Bertz CT molecular complexity index is 623. The van der Waals surface area contributed by atoms with E-state index >= 15 is 0 Å². The fourth-order valence-corrected chi connectivity index (χ4v) is 3.03. The van der Waals surface area contributed by atoms with Gasteiger partial charge in [-0.3, -0.25) is 4.98 Å². The van der Waals surface area contributed by atoms with Crippen molar-refractivity contribution in [2.75, 3.05) is 12.4 Å². The molecule has 1 aliphatic rings. The van der Waals surface area contributed by atoms with E-state index in [2.05, 4.69) is 37.9 Å². The molecule has 0 amide bonds. The van der Waals surface area contributed by atoms with Crippen molar-refractivity contribution in [3.05, 3.63) is 33.2 Å². The SMILES string of the molecule is CNc1nc(-c2ncccc2C)nc(C2CC2)c1I. The van der Waals surface area contributed by atoms with Crippen LogP contribution in [-0.4, -0.2) is 22.0 Å². The number of anilines is 1. The van der Waals surface area contributed by atoms with Crippen molar-refractivity contribution in [3.8, 4) is 11.5 Å². The molecule has 0 bridgehead atoms. The van der Waals surface area contributed by atoms with E-state index in [1.807, 2.05) is 26.1 Å². The van der Waals surface area contributed by atoms with Crippen molar-refractivity contribution in [2.45, 2.75) is 25.7 Å². The molecule has 1 N–H and O–H groups in total. The van der Waals surface area contributed by atoms with Crippen LogP contribution in [0.3, 0.4) is 0 Å². The first-order valence-corrected chi connectivity index (χ1v) is 7.45. The lowest BCUT2D eigenvalue weighted by molar-refractivity contribution is 0.970. The van der Waals surface area contributed by atoms with Crippen LogP contribution < -0.4 is 5.32 Å². The molecule has 0 atom stereocenters. The Morgan fingerprint density at radius 2 is 2.11 bits per heavy atom. The minimum absolute atomic E-state index is 0.602. The van der Waals surface area contributed by atoms with E-state index in [0.717, 1.165) is 26.5 Å². The maximum atomic E-state index is 4.75. The van der Waals surface area contributed by atoms with Gasteiger partial charge in [-0.2, -0.15) is 0 Å². The van der Waals surface area contributed by atoms with E-state index in [0.29, 0.717) is 5.92 Å². The second-order valence-corrected chi connectivity index (χ2v) is 5.87. The average Bonchev–Trinajstić information content (AvgIpc) is 3.24. The van der Waals surface area contributed by atoms with Crippen molar-refractivity contribution >= 4 is 28.4 Å². The predicted octanol–water partition coefficient (Wildman–Crippen LogP) is 3.37. The Morgan fingerprint density at radius 1 is 1.32 bits per heavy atom. The average molecular weight is 366 g/mol. The van der Waals surface area contributed by atoms with Crippen molar-refractivity contribution in [1.82, 2.24) is 15.0 Å². The summed E-state index contributed by atoms with van der Waals surface area (Å²) >= 11 is 2.33. The van der Waals surface area contributed by atoms with Gasteiger partial charge in [-0.1, -0.05) is 6.07 Å². The van der Waals surface area contributed by atoms with Gasteiger partial charge >= 0.3 is 0 Å². The first kappa shape index (κ1) is 12.8. The standard InChI is InChI=1S/C14H15IN4/c1-8-4-3-7-17-11(8)14-18-12(9-5-6-9)10(15)13(16-2)19-14/h3-4,7,9H,5-6H2,1-2H3,(H,16,18,19). The van der Waals surface area contributed by atoms with E-state index in [1.165, 1.54) is 18.5 Å². The molecule has 1 aliphatic carbocycles. The molecule has 3 rings (SSSR count). The third-order valence-electron chi connectivity index (χ3n) is 3.30. The normalized spacial score (nSPS) is 14.5. The molecule has 0 unspecified atom stereocenters. The largest absolute Gasteiger partial charge is 0.372 e. The molecule has 0 saturated heterocycles. The molecule has 4 nitrogen and oxygen atoms in total. The van der Waals surface area contributed by atoms with Crippen LogP contribution in [0.4, 0.5) is 5.82 Å². The molecule has 2 heterocycles. The van der Waals surface area contributed by atoms with Gasteiger partial charge in [0, 0.05) is 19.2 Å². The number of nitrogens with one attached hydrogen (secondary N) is 1. The van der Waals surface area contributed by atoms with Gasteiger partial charge in [-0.25, -0.2) is 9.97 Å². The summed E-state index contributed by atoms with van der Waals surface area (Å²) in [5, 5.41) is 3.16. The van der Waals surface area contributed by atoms with Gasteiger partial charge in [0.2, 0.25) is 0 Å². The minimum atomic E-state index is 0.602. The molecule has 0 spiro atoms. The number of nitrogens with zero attached hydrogens (tertiary/aromatic N) is 3. The van der Waals surface area contributed by atoms with Crippen LogP contribution in [0.15, 0.2) is 18.3 Å². The van der Waals surface area contributed by atoms with Crippen LogP contribution in [0.2, 0.25) is 0 Å². The van der Waals surface area contributed by atoms with E-state index < -0.39 is 0 Å². The molecule has 0 radical (unpaired) electrons. The first-order valence-electron chi connectivity index (χ1n) is 6.38. The summed E-state index contributed by atoms with van der Waals surface area (Å²) in [6.07, 6.45) is 4.26. The maximum absolute atomic E-state index is 4.75. The molecule has 0 aromatic carbocycles. The molecule has 0 aliphatic heterocycles. The van der Waals surface area contributed by atoms with E-state index in [-0.39, 0.29) is 0 Å². The summed E-state index contributed by atoms with van der Waals surface area (Å²) in [6, 6.07) is 3.98. The summed E-state index contributed by atoms with van der Waals surface area (Å²) in [4.78, 5) is 13.8. The van der Waals surface area contributed by atoms with Crippen LogP contribution in [-0.2, 0) is 0 Å². The predicted molar refractivity (Wildman–Crippen MR) is 84.2 cm³/mol. The molecule has 5 heteroatoms. The molecule has 19 heavy (non-hydrogen) atoms. The van der Waals surface area contributed by atoms with E-state index in [1.54, 1.807) is 6.20 Å². The molecule has 2 aromatic rings. The second-order valence-electron chi connectivity index (χ2n) is 4.79. The smallest absolute Gasteiger partial charge is 0.180 e. The number of halogens is 1. The fraction of sp³-hybridized carbons (Fsp3) is 0.357. The van der Waals surface area contributed by atoms with Crippen LogP contribution in [0.1, 0.15) is 30.0 Å². The second kappa shape index (κ2) is 5.03. The Morgan fingerprint density at radius 3 is 2.74 bits per heavy atom. The molecular formula is C14H15IN4. The van der Waals surface area contributed by atoms with Crippen molar-refractivity contribution in [1.29, 1.82) is 0 Å². The highest BCUT2D eigenvalue weighted by Gasteiger charge is 2.29. The van der Waals surface area contributed by atoms with Gasteiger partial charge in [-0.05, 0) is 54.0 Å². The Hall–Kier alpha value is -1.24. The van der Waals surface area contributed by atoms with Gasteiger partial charge in [0.15, 0.2) is 5.82 Å². The highest BCUT2D eigenvalue weighted by atomic mass is 127. The summed E-state index contributed by atoms with van der Waals surface area (Å²) in [5.41, 5.74) is 3.14. The van der Waals surface area contributed by atoms with Crippen LogP contribution >= 0.6 is 22.6 Å². The molecule has 1 fully saturated rings. The van der Waals surface area contributed by atoms with Gasteiger partial charge in [-0.15, -0.1) is 0 Å². The monoisotopic (exact) mass is 366 g/mol.